The minimum Gasteiger partial charge on any atom is -0.309 e. The van der Waals surface area contributed by atoms with Gasteiger partial charge in [-0.05, 0) is 31.7 Å². The van der Waals surface area contributed by atoms with E-state index in [1.54, 1.807) is 11.6 Å². The first-order valence-corrected chi connectivity index (χ1v) is 6.91. The van der Waals surface area contributed by atoms with E-state index >= 15 is 0 Å². The van der Waals surface area contributed by atoms with Crippen LogP contribution in [0.1, 0.15) is 43.9 Å². The molecule has 2 aromatic heterocycles. The quantitative estimate of drug-likeness (QED) is 0.867. The SMILES string of the molecule is CCC(CC)c1cc2c(Cl)nnc(C)c2n(C)c1=O. The Bertz CT molecular complexity index is 674. The number of aromatic nitrogens is 3. The van der Waals surface area contributed by atoms with E-state index in [4.69, 9.17) is 11.6 Å². The number of fused-ring (bicyclic) bond motifs is 1. The lowest BCUT2D eigenvalue weighted by Crippen LogP contribution is -2.24. The van der Waals surface area contributed by atoms with Crippen LogP contribution in [0.25, 0.3) is 10.9 Å². The number of pyridine rings is 1. The largest absolute Gasteiger partial charge is 0.309 e. The molecule has 0 unspecified atom stereocenters. The molecule has 0 bridgehead atoms. The average Bonchev–Trinajstić information content (AvgIpc) is 2.40. The summed E-state index contributed by atoms with van der Waals surface area (Å²) >= 11 is 6.13. The van der Waals surface area contributed by atoms with Crippen molar-refractivity contribution in [2.24, 2.45) is 7.05 Å². The highest BCUT2D eigenvalue weighted by atomic mass is 35.5. The summed E-state index contributed by atoms with van der Waals surface area (Å²) in [7, 11) is 1.77. The van der Waals surface area contributed by atoms with Gasteiger partial charge in [-0.25, -0.2) is 0 Å². The minimum atomic E-state index is 0.0355. The Morgan fingerprint density at radius 2 is 1.95 bits per heavy atom. The lowest BCUT2D eigenvalue weighted by molar-refractivity contribution is 0.628. The Balaban J connectivity index is 2.88. The van der Waals surface area contributed by atoms with Crippen molar-refractivity contribution in [1.29, 1.82) is 0 Å². The van der Waals surface area contributed by atoms with Crippen LogP contribution in [0.4, 0.5) is 0 Å². The third kappa shape index (κ3) is 2.25. The van der Waals surface area contributed by atoms with Crippen LogP contribution in [0.2, 0.25) is 5.15 Å². The van der Waals surface area contributed by atoms with E-state index in [0.29, 0.717) is 5.15 Å². The van der Waals surface area contributed by atoms with E-state index in [9.17, 15) is 4.79 Å². The molecule has 4 nitrogen and oxygen atoms in total. The minimum absolute atomic E-state index is 0.0355. The van der Waals surface area contributed by atoms with Crippen LogP contribution in [0.3, 0.4) is 0 Å². The smallest absolute Gasteiger partial charge is 0.254 e. The fourth-order valence-electron chi connectivity index (χ4n) is 2.60. The van der Waals surface area contributed by atoms with Gasteiger partial charge in [0.2, 0.25) is 0 Å². The summed E-state index contributed by atoms with van der Waals surface area (Å²) in [5, 5.41) is 9.07. The molecule has 0 fully saturated rings. The van der Waals surface area contributed by atoms with Gasteiger partial charge in [0.05, 0.1) is 11.2 Å². The number of halogens is 1. The fourth-order valence-corrected chi connectivity index (χ4v) is 2.78. The molecular formula is C14H18ClN3O. The third-order valence-corrected chi connectivity index (χ3v) is 4.00. The molecule has 0 saturated carbocycles. The molecule has 2 aromatic rings. The molecule has 0 aliphatic heterocycles. The Morgan fingerprint density at radius 1 is 1.32 bits per heavy atom. The molecule has 5 heteroatoms. The number of nitrogens with zero attached hydrogens (tertiary/aromatic N) is 3. The predicted octanol–water partition coefficient (Wildman–Crippen LogP) is 3.19. The van der Waals surface area contributed by atoms with Crippen molar-refractivity contribution < 1.29 is 0 Å². The molecule has 0 radical (unpaired) electrons. The molecule has 102 valence electrons. The van der Waals surface area contributed by atoms with Gasteiger partial charge in [0.25, 0.3) is 5.56 Å². The Morgan fingerprint density at radius 3 is 2.53 bits per heavy atom. The molecular weight excluding hydrogens is 262 g/mol. The van der Waals surface area contributed by atoms with Crippen molar-refractivity contribution in [2.45, 2.75) is 39.5 Å². The summed E-state index contributed by atoms with van der Waals surface area (Å²) in [5.74, 6) is 0.257. The molecule has 0 aliphatic rings. The molecule has 0 amide bonds. The van der Waals surface area contributed by atoms with Crippen LogP contribution < -0.4 is 5.56 Å². The molecule has 0 spiro atoms. The van der Waals surface area contributed by atoms with Crippen LogP contribution in [0.5, 0.6) is 0 Å². The Hall–Kier alpha value is -1.42. The Labute approximate surface area is 117 Å². The van der Waals surface area contributed by atoms with E-state index in [0.717, 1.165) is 35.0 Å². The van der Waals surface area contributed by atoms with Gasteiger partial charge in [-0.2, -0.15) is 5.10 Å². The predicted molar refractivity (Wildman–Crippen MR) is 77.8 cm³/mol. The highest BCUT2D eigenvalue weighted by molar-refractivity contribution is 6.34. The van der Waals surface area contributed by atoms with Crippen molar-refractivity contribution in [3.8, 4) is 0 Å². The van der Waals surface area contributed by atoms with Crippen molar-refractivity contribution in [3.05, 3.63) is 32.8 Å². The monoisotopic (exact) mass is 279 g/mol. The number of aryl methyl sites for hydroxylation is 2. The molecule has 0 atom stereocenters. The zero-order valence-electron chi connectivity index (χ0n) is 11.7. The van der Waals surface area contributed by atoms with E-state index in [1.807, 2.05) is 13.0 Å². The summed E-state index contributed by atoms with van der Waals surface area (Å²) in [6.07, 6.45) is 1.87. The summed E-state index contributed by atoms with van der Waals surface area (Å²) < 4.78 is 1.64. The van der Waals surface area contributed by atoms with Crippen molar-refractivity contribution in [3.63, 3.8) is 0 Å². The summed E-state index contributed by atoms with van der Waals surface area (Å²) in [4.78, 5) is 12.5. The highest BCUT2D eigenvalue weighted by Crippen LogP contribution is 2.27. The van der Waals surface area contributed by atoms with E-state index in [-0.39, 0.29) is 11.5 Å². The lowest BCUT2D eigenvalue weighted by atomic mass is 9.94. The fraction of sp³-hybridized carbons (Fsp3) is 0.500. The van der Waals surface area contributed by atoms with Crippen LogP contribution in [-0.2, 0) is 7.05 Å². The van der Waals surface area contributed by atoms with Crippen LogP contribution in [-0.4, -0.2) is 14.8 Å². The summed E-state index contributed by atoms with van der Waals surface area (Å²) in [6, 6.07) is 1.89. The van der Waals surface area contributed by atoms with Gasteiger partial charge in [0, 0.05) is 18.0 Å². The van der Waals surface area contributed by atoms with Gasteiger partial charge < -0.3 is 4.57 Å². The molecule has 19 heavy (non-hydrogen) atoms. The first-order valence-electron chi connectivity index (χ1n) is 6.53. The number of hydrogen-bond acceptors (Lipinski definition) is 3. The van der Waals surface area contributed by atoms with E-state index in [2.05, 4.69) is 24.0 Å². The van der Waals surface area contributed by atoms with Crippen molar-refractivity contribution >= 4 is 22.5 Å². The third-order valence-electron chi connectivity index (χ3n) is 3.72. The molecule has 0 aliphatic carbocycles. The van der Waals surface area contributed by atoms with Crippen LogP contribution in [0.15, 0.2) is 10.9 Å². The highest BCUT2D eigenvalue weighted by Gasteiger charge is 2.17. The van der Waals surface area contributed by atoms with Crippen molar-refractivity contribution in [1.82, 2.24) is 14.8 Å². The maximum Gasteiger partial charge on any atom is 0.254 e. The van der Waals surface area contributed by atoms with Gasteiger partial charge in [-0.1, -0.05) is 25.4 Å². The molecule has 0 aromatic carbocycles. The van der Waals surface area contributed by atoms with Gasteiger partial charge in [0.15, 0.2) is 5.15 Å². The van der Waals surface area contributed by atoms with Gasteiger partial charge in [0.1, 0.15) is 0 Å². The number of rotatable bonds is 3. The second kappa shape index (κ2) is 5.29. The maximum atomic E-state index is 12.5. The first-order chi connectivity index (χ1) is 9.01. The van der Waals surface area contributed by atoms with E-state index in [1.165, 1.54) is 0 Å². The molecule has 2 heterocycles. The average molecular weight is 280 g/mol. The van der Waals surface area contributed by atoms with Crippen LogP contribution >= 0.6 is 11.6 Å². The maximum absolute atomic E-state index is 12.5. The summed E-state index contributed by atoms with van der Waals surface area (Å²) in [5.41, 5.74) is 2.33. The second-order valence-electron chi connectivity index (χ2n) is 4.82. The molecule has 2 rings (SSSR count). The van der Waals surface area contributed by atoms with Gasteiger partial charge >= 0.3 is 0 Å². The topological polar surface area (TPSA) is 47.8 Å². The summed E-state index contributed by atoms with van der Waals surface area (Å²) in [6.45, 7) is 6.02. The van der Waals surface area contributed by atoms with Gasteiger partial charge in [-0.3, -0.25) is 4.79 Å². The normalized spacial score (nSPS) is 11.5. The second-order valence-corrected chi connectivity index (χ2v) is 5.17. The molecule has 0 N–H and O–H groups in total. The lowest BCUT2D eigenvalue weighted by Gasteiger charge is -2.16. The van der Waals surface area contributed by atoms with Gasteiger partial charge in [-0.15, -0.1) is 5.10 Å². The van der Waals surface area contributed by atoms with Crippen LogP contribution in [0, 0.1) is 6.92 Å². The zero-order chi connectivity index (χ0) is 14.2. The first kappa shape index (κ1) is 14.0. The van der Waals surface area contributed by atoms with E-state index < -0.39 is 0 Å². The van der Waals surface area contributed by atoms with Crippen molar-refractivity contribution in [2.75, 3.05) is 0 Å². The molecule has 0 saturated heterocycles. The zero-order valence-corrected chi connectivity index (χ0v) is 12.5. The number of hydrogen-bond donors (Lipinski definition) is 0. The Kier molecular flexibility index (Phi) is 3.90. The standard InChI is InChI=1S/C14H18ClN3O/c1-5-9(6-2)10-7-11-12(18(4)14(10)19)8(3)16-17-13(11)15/h7,9H,5-6H2,1-4H3.